The zero-order valence-corrected chi connectivity index (χ0v) is 12.2. The first-order valence-electron chi connectivity index (χ1n) is 5.62. The van der Waals surface area contributed by atoms with E-state index in [1.807, 2.05) is 0 Å². The average molecular weight is 332 g/mol. The zero-order valence-electron chi connectivity index (χ0n) is 11.5. The lowest BCUT2D eigenvalue weighted by atomic mass is 10.1. The van der Waals surface area contributed by atoms with Gasteiger partial charge in [-0.1, -0.05) is 0 Å². The van der Waals surface area contributed by atoms with Crippen LogP contribution in [0.3, 0.4) is 0 Å². The SMILES string of the molecule is COC(=O)c1cc(OCC(=O)Cl)cc(C(=O)OC)c1[N+](=O)[O-]. The van der Waals surface area contributed by atoms with Gasteiger partial charge in [0.05, 0.1) is 19.1 Å². The topological polar surface area (TPSA) is 122 Å². The number of hydrogen-bond donors (Lipinski definition) is 0. The Kier molecular flexibility index (Phi) is 5.81. The van der Waals surface area contributed by atoms with E-state index in [0.717, 1.165) is 26.4 Å². The Morgan fingerprint density at radius 1 is 1.14 bits per heavy atom. The number of nitro benzene ring substituents is 1. The molecule has 0 spiro atoms. The summed E-state index contributed by atoms with van der Waals surface area (Å²) >= 11 is 5.11. The van der Waals surface area contributed by atoms with Gasteiger partial charge >= 0.3 is 11.9 Å². The summed E-state index contributed by atoms with van der Waals surface area (Å²) in [7, 11) is 2.03. The summed E-state index contributed by atoms with van der Waals surface area (Å²) in [6, 6.07) is 1.94. The summed E-state index contributed by atoms with van der Waals surface area (Å²) in [5.41, 5.74) is -1.83. The van der Waals surface area contributed by atoms with Crippen LogP contribution < -0.4 is 4.74 Å². The quantitative estimate of drug-likeness (QED) is 0.331. The monoisotopic (exact) mass is 331 g/mol. The summed E-state index contributed by atoms with van der Waals surface area (Å²) in [4.78, 5) is 44.2. The van der Waals surface area contributed by atoms with Crippen molar-refractivity contribution in [1.82, 2.24) is 0 Å². The summed E-state index contributed by atoms with van der Waals surface area (Å²) in [5.74, 6) is -2.26. The van der Waals surface area contributed by atoms with Crippen LogP contribution in [-0.2, 0) is 14.3 Å². The summed E-state index contributed by atoms with van der Waals surface area (Å²) < 4.78 is 13.8. The Morgan fingerprint density at radius 3 is 1.91 bits per heavy atom. The van der Waals surface area contributed by atoms with Crippen LogP contribution in [-0.4, -0.2) is 42.9 Å². The van der Waals surface area contributed by atoms with Crippen LogP contribution in [0, 0.1) is 10.1 Å². The van der Waals surface area contributed by atoms with Gasteiger partial charge in [0.2, 0.25) is 0 Å². The van der Waals surface area contributed by atoms with E-state index in [4.69, 9.17) is 16.3 Å². The first-order chi connectivity index (χ1) is 10.3. The summed E-state index contributed by atoms with van der Waals surface area (Å²) in [6.07, 6.45) is 0. The van der Waals surface area contributed by atoms with Gasteiger partial charge in [-0.05, 0) is 11.6 Å². The summed E-state index contributed by atoms with van der Waals surface area (Å²) in [5, 5.41) is 10.3. The molecule has 1 rings (SSSR count). The van der Waals surface area contributed by atoms with E-state index in [2.05, 4.69) is 9.47 Å². The second-order valence-corrected chi connectivity index (χ2v) is 4.17. The third-order valence-electron chi connectivity index (χ3n) is 2.43. The molecule has 0 fully saturated rings. The van der Waals surface area contributed by atoms with Gasteiger partial charge in [-0.3, -0.25) is 14.9 Å². The molecule has 0 saturated heterocycles. The van der Waals surface area contributed by atoms with Crippen molar-refractivity contribution in [2.24, 2.45) is 0 Å². The highest BCUT2D eigenvalue weighted by Crippen LogP contribution is 2.30. The van der Waals surface area contributed by atoms with Crippen molar-refractivity contribution in [2.45, 2.75) is 0 Å². The Hall–Kier alpha value is -2.68. The molecule has 0 bridgehead atoms. The van der Waals surface area contributed by atoms with Crippen LogP contribution in [0.4, 0.5) is 5.69 Å². The number of benzene rings is 1. The molecule has 0 aromatic heterocycles. The van der Waals surface area contributed by atoms with Crippen LogP contribution in [0.5, 0.6) is 5.75 Å². The van der Waals surface area contributed by atoms with Crippen LogP contribution >= 0.6 is 11.6 Å². The maximum atomic E-state index is 11.7. The van der Waals surface area contributed by atoms with Gasteiger partial charge in [-0.2, -0.15) is 0 Å². The number of carbonyl (C=O) groups is 3. The van der Waals surface area contributed by atoms with E-state index < -0.39 is 45.5 Å². The molecular weight excluding hydrogens is 322 g/mol. The van der Waals surface area contributed by atoms with E-state index in [-0.39, 0.29) is 5.75 Å². The molecule has 118 valence electrons. The Bertz CT molecular complexity index is 605. The fourth-order valence-corrected chi connectivity index (χ4v) is 1.61. The molecule has 10 heteroatoms. The van der Waals surface area contributed by atoms with E-state index in [1.165, 1.54) is 0 Å². The third-order valence-corrected chi connectivity index (χ3v) is 2.54. The molecule has 0 aliphatic heterocycles. The van der Waals surface area contributed by atoms with Gasteiger partial charge in [-0.15, -0.1) is 0 Å². The molecule has 0 heterocycles. The van der Waals surface area contributed by atoms with Gasteiger partial charge < -0.3 is 14.2 Å². The van der Waals surface area contributed by atoms with Crippen molar-refractivity contribution in [1.29, 1.82) is 0 Å². The van der Waals surface area contributed by atoms with E-state index in [1.54, 1.807) is 0 Å². The molecule has 0 saturated carbocycles. The highest BCUT2D eigenvalue weighted by Gasteiger charge is 2.31. The molecule has 9 nitrogen and oxygen atoms in total. The van der Waals surface area contributed by atoms with Crippen molar-refractivity contribution in [3.05, 3.63) is 33.4 Å². The van der Waals surface area contributed by atoms with Crippen LogP contribution in [0.1, 0.15) is 20.7 Å². The molecule has 0 N–H and O–H groups in total. The normalized spacial score (nSPS) is 9.77. The van der Waals surface area contributed by atoms with Gasteiger partial charge in [0.15, 0.2) is 6.61 Å². The van der Waals surface area contributed by atoms with Crippen molar-refractivity contribution in [2.75, 3.05) is 20.8 Å². The Morgan fingerprint density at radius 2 is 1.59 bits per heavy atom. The molecule has 0 atom stereocenters. The Balaban J connectivity index is 3.52. The first-order valence-corrected chi connectivity index (χ1v) is 5.99. The van der Waals surface area contributed by atoms with E-state index in [0.29, 0.717) is 0 Å². The standard InChI is InChI=1S/C12H10ClNO8/c1-20-11(16)7-3-6(22-5-9(13)15)4-8(12(17)21-2)10(7)14(18)19/h3-4H,5H2,1-2H3. The molecule has 0 unspecified atom stereocenters. The minimum absolute atomic E-state index is 0.152. The molecule has 0 radical (unpaired) electrons. The van der Waals surface area contributed by atoms with Crippen LogP contribution in [0.25, 0.3) is 0 Å². The molecule has 1 aromatic carbocycles. The highest BCUT2D eigenvalue weighted by molar-refractivity contribution is 6.63. The number of hydrogen-bond acceptors (Lipinski definition) is 8. The molecule has 0 aliphatic rings. The number of carbonyl (C=O) groups excluding carboxylic acids is 3. The molecule has 22 heavy (non-hydrogen) atoms. The fourth-order valence-electron chi connectivity index (χ4n) is 1.56. The predicted octanol–water partition coefficient (Wildman–Crippen LogP) is 1.31. The van der Waals surface area contributed by atoms with Crippen molar-refractivity contribution < 1.29 is 33.5 Å². The minimum atomic E-state index is -1.06. The van der Waals surface area contributed by atoms with Gasteiger partial charge in [-0.25, -0.2) is 9.59 Å². The average Bonchev–Trinajstić information content (AvgIpc) is 2.49. The zero-order chi connectivity index (χ0) is 16.9. The van der Waals surface area contributed by atoms with Gasteiger partial charge in [0.1, 0.15) is 16.9 Å². The number of halogens is 1. The second kappa shape index (κ2) is 7.36. The van der Waals surface area contributed by atoms with Crippen LogP contribution in [0.15, 0.2) is 12.1 Å². The molecular formula is C12H10ClNO8. The smallest absolute Gasteiger partial charge is 0.345 e. The third kappa shape index (κ3) is 3.92. The lowest BCUT2D eigenvalue weighted by Gasteiger charge is -2.09. The lowest BCUT2D eigenvalue weighted by Crippen LogP contribution is -2.14. The molecule has 0 amide bonds. The largest absolute Gasteiger partial charge is 0.484 e. The highest BCUT2D eigenvalue weighted by atomic mass is 35.5. The molecule has 1 aromatic rings. The second-order valence-electron chi connectivity index (χ2n) is 3.75. The van der Waals surface area contributed by atoms with Crippen molar-refractivity contribution >= 4 is 34.5 Å². The fraction of sp³-hybridized carbons (Fsp3) is 0.250. The van der Waals surface area contributed by atoms with Gasteiger partial charge in [0, 0.05) is 12.1 Å². The van der Waals surface area contributed by atoms with Gasteiger partial charge in [0.25, 0.3) is 10.9 Å². The first kappa shape index (κ1) is 17.4. The van der Waals surface area contributed by atoms with Crippen molar-refractivity contribution in [3.63, 3.8) is 0 Å². The maximum absolute atomic E-state index is 11.7. The van der Waals surface area contributed by atoms with E-state index >= 15 is 0 Å². The number of nitro groups is 1. The number of esters is 2. The molecule has 0 aliphatic carbocycles. The predicted molar refractivity (Wildman–Crippen MR) is 72.1 cm³/mol. The van der Waals surface area contributed by atoms with Crippen molar-refractivity contribution in [3.8, 4) is 5.75 Å². The summed E-state index contributed by atoms with van der Waals surface area (Å²) in [6.45, 7) is -0.555. The van der Waals surface area contributed by atoms with Crippen LogP contribution in [0.2, 0.25) is 0 Å². The number of rotatable bonds is 6. The maximum Gasteiger partial charge on any atom is 0.345 e. The Labute approximate surface area is 128 Å². The number of nitrogens with zero attached hydrogens (tertiary/aromatic N) is 1. The minimum Gasteiger partial charge on any atom is -0.484 e. The number of methoxy groups -OCH3 is 2. The lowest BCUT2D eigenvalue weighted by molar-refractivity contribution is -0.385. The number of ether oxygens (including phenoxy) is 3. The van der Waals surface area contributed by atoms with E-state index in [9.17, 15) is 24.5 Å².